The maximum atomic E-state index is 11.3. The molecule has 8 heteroatoms. The fourth-order valence-electron chi connectivity index (χ4n) is 4.54. The first-order valence-electron chi connectivity index (χ1n) is 9.94. The van der Waals surface area contributed by atoms with Crippen molar-refractivity contribution in [3.63, 3.8) is 0 Å². The Morgan fingerprint density at radius 2 is 2.10 bits per heavy atom. The van der Waals surface area contributed by atoms with Crippen LogP contribution in [0.5, 0.6) is 0 Å². The Hall–Kier alpha value is -3.86. The number of imidazole rings is 1. The maximum absolute atomic E-state index is 11.3. The van der Waals surface area contributed by atoms with Crippen LogP contribution in [0.25, 0.3) is 27.8 Å². The number of aromatic nitrogens is 4. The highest BCUT2D eigenvalue weighted by Crippen LogP contribution is 2.39. The average molecular weight is 400 g/mol. The van der Waals surface area contributed by atoms with E-state index in [2.05, 4.69) is 16.0 Å². The fourth-order valence-corrected chi connectivity index (χ4v) is 4.54. The van der Waals surface area contributed by atoms with Gasteiger partial charge in [-0.3, -0.25) is 9.20 Å². The smallest absolute Gasteiger partial charge is 0.306 e. The third-order valence-corrected chi connectivity index (χ3v) is 6.08. The summed E-state index contributed by atoms with van der Waals surface area (Å²) in [6.45, 7) is 0. The van der Waals surface area contributed by atoms with Gasteiger partial charge in [0.05, 0.1) is 22.7 Å². The summed E-state index contributed by atoms with van der Waals surface area (Å²) in [5.41, 5.74) is 9.75. The van der Waals surface area contributed by atoms with Gasteiger partial charge < -0.3 is 15.8 Å². The lowest BCUT2D eigenvalue weighted by Crippen LogP contribution is -2.21. The van der Waals surface area contributed by atoms with Crippen LogP contribution < -0.4 is 5.73 Å². The minimum absolute atomic E-state index is 0.155. The molecule has 4 N–H and O–H groups in total. The van der Waals surface area contributed by atoms with Crippen molar-refractivity contribution in [2.45, 2.75) is 31.6 Å². The lowest BCUT2D eigenvalue weighted by atomic mass is 9.81. The average Bonchev–Trinajstić information content (AvgIpc) is 3.36. The van der Waals surface area contributed by atoms with Crippen LogP contribution in [-0.4, -0.2) is 30.4 Å². The van der Waals surface area contributed by atoms with E-state index in [-0.39, 0.29) is 11.8 Å². The van der Waals surface area contributed by atoms with E-state index >= 15 is 0 Å². The first kappa shape index (κ1) is 18.2. The molecule has 0 saturated heterocycles. The zero-order valence-electron chi connectivity index (χ0n) is 16.2. The van der Waals surface area contributed by atoms with E-state index in [0.29, 0.717) is 29.9 Å². The molecule has 1 fully saturated rings. The van der Waals surface area contributed by atoms with Gasteiger partial charge in [-0.2, -0.15) is 5.26 Å². The monoisotopic (exact) mass is 400 g/mol. The second-order valence-corrected chi connectivity index (χ2v) is 7.80. The molecular weight excluding hydrogens is 380 g/mol. The molecular formula is C22H20N6O2. The number of fused-ring (bicyclic) bond motifs is 2. The third kappa shape index (κ3) is 2.78. The number of carboxylic acid groups (broad SMARTS) is 1. The number of H-pyrrole nitrogens is 1. The first-order chi connectivity index (χ1) is 14.6. The first-order valence-corrected chi connectivity index (χ1v) is 9.94. The van der Waals surface area contributed by atoms with Crippen LogP contribution in [0, 0.1) is 17.2 Å². The van der Waals surface area contributed by atoms with E-state index < -0.39 is 5.97 Å². The molecule has 0 spiro atoms. The SMILES string of the molecule is N#Cc1cccc2cc(-c3nc(C4CCC(C(=O)O)CC4)n4ccnc(N)c34)[nH]c12. The van der Waals surface area contributed by atoms with Crippen LogP contribution >= 0.6 is 0 Å². The number of hydrogen-bond donors (Lipinski definition) is 3. The number of nitrogens with zero attached hydrogens (tertiary/aromatic N) is 4. The number of carboxylic acids is 1. The van der Waals surface area contributed by atoms with Crippen molar-refractivity contribution in [2.75, 3.05) is 5.73 Å². The number of nitrogens with one attached hydrogen (secondary N) is 1. The van der Waals surface area contributed by atoms with Crippen molar-refractivity contribution < 1.29 is 9.90 Å². The molecule has 0 amide bonds. The molecule has 0 radical (unpaired) electrons. The maximum Gasteiger partial charge on any atom is 0.306 e. The minimum atomic E-state index is -0.720. The molecule has 30 heavy (non-hydrogen) atoms. The molecule has 0 bridgehead atoms. The summed E-state index contributed by atoms with van der Waals surface area (Å²) in [6.07, 6.45) is 6.32. The Balaban J connectivity index is 1.64. The van der Waals surface area contributed by atoms with E-state index in [9.17, 15) is 15.2 Å². The molecule has 0 atom stereocenters. The van der Waals surface area contributed by atoms with Gasteiger partial charge in [-0.1, -0.05) is 12.1 Å². The zero-order valence-corrected chi connectivity index (χ0v) is 16.2. The second kappa shape index (κ2) is 6.88. The van der Waals surface area contributed by atoms with Crippen molar-refractivity contribution in [3.05, 3.63) is 48.0 Å². The second-order valence-electron chi connectivity index (χ2n) is 7.80. The van der Waals surface area contributed by atoms with Crippen LogP contribution in [0.4, 0.5) is 5.82 Å². The molecule has 1 aliphatic carbocycles. The van der Waals surface area contributed by atoms with Crippen molar-refractivity contribution in [1.82, 2.24) is 19.4 Å². The molecule has 150 valence electrons. The van der Waals surface area contributed by atoms with Crippen molar-refractivity contribution in [1.29, 1.82) is 5.26 Å². The van der Waals surface area contributed by atoms with Crippen molar-refractivity contribution >= 4 is 28.2 Å². The number of aromatic amines is 1. The number of benzene rings is 1. The van der Waals surface area contributed by atoms with Crippen molar-refractivity contribution in [3.8, 4) is 17.5 Å². The number of nitrogens with two attached hydrogens (primary N) is 1. The van der Waals surface area contributed by atoms with Gasteiger partial charge in [0.1, 0.15) is 28.9 Å². The number of nitrogen functional groups attached to an aromatic ring is 1. The van der Waals surface area contributed by atoms with Gasteiger partial charge in [0.25, 0.3) is 0 Å². The summed E-state index contributed by atoms with van der Waals surface area (Å²) in [5.74, 6) is 0.406. The Bertz CT molecular complexity index is 1320. The summed E-state index contributed by atoms with van der Waals surface area (Å²) in [5, 5.41) is 19.6. The Labute approximate surface area is 172 Å². The standard InChI is InChI=1S/C22H20N6O2/c23-11-15-3-1-2-14-10-16(26-17(14)15)18-19-20(24)25-8-9-28(19)21(27-18)12-4-6-13(7-5-12)22(29)30/h1-3,8-10,12-13,26H,4-7H2,(H2,24,25)(H,29,30). The summed E-state index contributed by atoms with van der Waals surface area (Å²) in [6, 6.07) is 9.76. The van der Waals surface area contributed by atoms with Gasteiger partial charge in [0, 0.05) is 23.7 Å². The molecule has 1 saturated carbocycles. The predicted octanol–water partition coefficient (Wildman–Crippen LogP) is 3.69. The van der Waals surface area contributed by atoms with Gasteiger partial charge in [-0.25, -0.2) is 9.97 Å². The van der Waals surface area contributed by atoms with Gasteiger partial charge in [0.15, 0.2) is 0 Å². The molecule has 0 aliphatic heterocycles. The molecule has 8 nitrogen and oxygen atoms in total. The van der Waals surface area contributed by atoms with Crippen LogP contribution in [0.1, 0.15) is 43.0 Å². The number of aliphatic carboxylic acids is 1. The van der Waals surface area contributed by atoms with Gasteiger partial charge >= 0.3 is 5.97 Å². The highest BCUT2D eigenvalue weighted by Gasteiger charge is 2.30. The quantitative estimate of drug-likeness (QED) is 0.480. The van der Waals surface area contributed by atoms with Crippen LogP contribution in [0.2, 0.25) is 0 Å². The molecule has 1 aliphatic rings. The highest BCUT2D eigenvalue weighted by atomic mass is 16.4. The number of hydrogen-bond acceptors (Lipinski definition) is 5. The summed E-state index contributed by atoms with van der Waals surface area (Å²) < 4.78 is 1.97. The molecule has 3 heterocycles. The number of anilines is 1. The van der Waals surface area contributed by atoms with E-state index in [1.165, 1.54) is 0 Å². The number of rotatable bonds is 3. The minimum Gasteiger partial charge on any atom is -0.481 e. The summed E-state index contributed by atoms with van der Waals surface area (Å²) in [7, 11) is 0. The molecule has 4 aromatic rings. The topological polar surface area (TPSA) is 133 Å². The van der Waals surface area contributed by atoms with E-state index in [0.717, 1.165) is 40.8 Å². The zero-order chi connectivity index (χ0) is 20.8. The lowest BCUT2D eigenvalue weighted by Gasteiger charge is -2.25. The molecule has 0 unspecified atom stereocenters. The molecule has 5 rings (SSSR count). The largest absolute Gasteiger partial charge is 0.481 e. The summed E-state index contributed by atoms with van der Waals surface area (Å²) in [4.78, 5) is 23.8. The van der Waals surface area contributed by atoms with Crippen LogP contribution in [0.3, 0.4) is 0 Å². The Morgan fingerprint density at radius 1 is 1.30 bits per heavy atom. The summed E-state index contributed by atoms with van der Waals surface area (Å²) >= 11 is 0. The molecule has 1 aromatic carbocycles. The van der Waals surface area contributed by atoms with Gasteiger partial charge in [-0.05, 0) is 37.8 Å². The highest BCUT2D eigenvalue weighted by molar-refractivity contribution is 5.93. The Kier molecular flexibility index (Phi) is 4.17. The molecule has 3 aromatic heterocycles. The number of nitriles is 1. The fraction of sp³-hybridized carbons (Fsp3) is 0.273. The number of carbonyl (C=O) groups is 1. The van der Waals surface area contributed by atoms with E-state index in [1.807, 2.05) is 28.8 Å². The van der Waals surface area contributed by atoms with Crippen LogP contribution in [0.15, 0.2) is 36.7 Å². The predicted molar refractivity (Wildman–Crippen MR) is 112 cm³/mol. The van der Waals surface area contributed by atoms with E-state index in [4.69, 9.17) is 10.7 Å². The Morgan fingerprint density at radius 3 is 2.83 bits per heavy atom. The van der Waals surface area contributed by atoms with Crippen LogP contribution in [-0.2, 0) is 4.79 Å². The normalized spacial score (nSPS) is 19.2. The van der Waals surface area contributed by atoms with Gasteiger partial charge in [0.2, 0.25) is 0 Å². The van der Waals surface area contributed by atoms with Crippen molar-refractivity contribution in [2.24, 2.45) is 5.92 Å². The lowest BCUT2D eigenvalue weighted by molar-refractivity contribution is -0.142. The third-order valence-electron chi connectivity index (χ3n) is 6.08. The van der Waals surface area contributed by atoms with E-state index in [1.54, 1.807) is 12.3 Å². The van der Waals surface area contributed by atoms with Gasteiger partial charge in [-0.15, -0.1) is 0 Å². The number of para-hydroxylation sites is 1.